The number of carbonyl (C=O) groups is 2. The molecule has 0 spiro atoms. The Morgan fingerprint density at radius 3 is 2.52 bits per heavy atom. The predicted octanol–water partition coefficient (Wildman–Crippen LogP) is 2.26. The number of thioether (sulfide) groups is 1. The second-order valence-corrected chi connectivity index (χ2v) is 9.43. The second-order valence-electron chi connectivity index (χ2n) is 8.36. The summed E-state index contributed by atoms with van der Waals surface area (Å²) in [5.74, 6) is 1.22. The first-order valence-electron chi connectivity index (χ1n) is 11.0. The molecule has 1 fully saturated rings. The maximum atomic E-state index is 12.8. The molecule has 3 heterocycles. The molecule has 0 bridgehead atoms. The minimum atomic E-state index is -0.539. The molecule has 0 aliphatic carbocycles. The number of nitrogens with one attached hydrogen (secondary N) is 1. The Labute approximate surface area is 198 Å². The molecule has 0 saturated carbocycles. The van der Waals surface area contributed by atoms with E-state index < -0.39 is 18.2 Å². The summed E-state index contributed by atoms with van der Waals surface area (Å²) in [4.78, 5) is 44.3. The average molecular weight is 468 g/mol. The van der Waals surface area contributed by atoms with E-state index in [1.54, 1.807) is 18.8 Å². The molecule has 2 aliphatic heterocycles. The van der Waals surface area contributed by atoms with E-state index in [1.807, 2.05) is 55.0 Å². The molecule has 2 aliphatic rings. The number of aromatic nitrogens is 2. The van der Waals surface area contributed by atoms with Crippen LogP contribution >= 0.6 is 11.8 Å². The third kappa shape index (κ3) is 5.11. The predicted molar refractivity (Wildman–Crippen MR) is 128 cm³/mol. The number of guanidine groups is 1. The van der Waals surface area contributed by atoms with Crippen LogP contribution in [0.25, 0.3) is 0 Å². The number of hydrogen-bond donors (Lipinski definition) is 1. The van der Waals surface area contributed by atoms with E-state index in [-0.39, 0.29) is 5.91 Å². The fourth-order valence-corrected chi connectivity index (χ4v) is 5.03. The lowest BCUT2D eigenvalue weighted by atomic mass is 10.1. The summed E-state index contributed by atoms with van der Waals surface area (Å²) in [7, 11) is 3.64. The topological polar surface area (TPSA) is 94.0 Å². The summed E-state index contributed by atoms with van der Waals surface area (Å²) in [5, 5.41) is 3.22. The lowest BCUT2D eigenvalue weighted by molar-refractivity contribution is -0.127. The largest absolute Gasteiger partial charge is 0.341 e. The van der Waals surface area contributed by atoms with Gasteiger partial charge in [0.2, 0.25) is 0 Å². The van der Waals surface area contributed by atoms with Crippen molar-refractivity contribution in [3.05, 3.63) is 53.3 Å². The van der Waals surface area contributed by atoms with Gasteiger partial charge in [0, 0.05) is 44.3 Å². The van der Waals surface area contributed by atoms with E-state index in [0.717, 1.165) is 40.2 Å². The molecule has 1 aromatic heterocycles. The maximum absolute atomic E-state index is 12.8. The van der Waals surface area contributed by atoms with Crippen LogP contribution in [0.15, 0.2) is 46.5 Å². The number of urea groups is 1. The van der Waals surface area contributed by atoms with Gasteiger partial charge in [-0.15, -0.1) is 0 Å². The number of aliphatic imine (C=N–C) groups is 1. The van der Waals surface area contributed by atoms with Gasteiger partial charge in [-0.05, 0) is 31.9 Å². The summed E-state index contributed by atoms with van der Waals surface area (Å²) in [6.07, 6.45) is 0.280. The van der Waals surface area contributed by atoms with Crippen LogP contribution in [0.1, 0.15) is 23.4 Å². The Balaban J connectivity index is 1.47. The standard InChI is InChI=1S/C23H29N7O2S/c1-15-13-16(2)25-21(24-15)33-12-8-11-30-18-19(29(4)23(32)27-20(18)31)26-22(30)28(3)14-17-9-6-5-7-10-17/h5-7,9-10,13,18-19H,8,11-12,14H2,1-4H3,(H,27,31,32). The zero-order chi connectivity index (χ0) is 23.5. The first-order chi connectivity index (χ1) is 15.8. The molecular weight excluding hydrogens is 438 g/mol. The van der Waals surface area contributed by atoms with E-state index in [2.05, 4.69) is 27.4 Å². The first kappa shape index (κ1) is 23.0. The van der Waals surface area contributed by atoms with E-state index in [4.69, 9.17) is 4.99 Å². The molecule has 9 nitrogen and oxygen atoms in total. The van der Waals surface area contributed by atoms with Crippen molar-refractivity contribution in [1.29, 1.82) is 0 Å². The molecule has 1 N–H and O–H groups in total. The van der Waals surface area contributed by atoms with Gasteiger partial charge >= 0.3 is 6.03 Å². The Hall–Kier alpha value is -3.14. The van der Waals surface area contributed by atoms with Crippen LogP contribution in [0, 0.1) is 13.8 Å². The van der Waals surface area contributed by atoms with Crippen molar-refractivity contribution < 1.29 is 9.59 Å². The summed E-state index contributed by atoms with van der Waals surface area (Å²) in [6.45, 7) is 5.22. The summed E-state index contributed by atoms with van der Waals surface area (Å²) >= 11 is 1.61. The Morgan fingerprint density at radius 2 is 1.82 bits per heavy atom. The third-order valence-corrected chi connectivity index (χ3v) is 6.61. The molecule has 4 rings (SSSR count). The van der Waals surface area contributed by atoms with Gasteiger partial charge in [-0.25, -0.2) is 19.8 Å². The Morgan fingerprint density at radius 1 is 1.12 bits per heavy atom. The summed E-state index contributed by atoms with van der Waals surface area (Å²) in [6, 6.07) is 11.1. The molecule has 0 radical (unpaired) electrons. The SMILES string of the molecule is Cc1cc(C)nc(SCCCN2C(N(C)Cc3ccccc3)=NC3C2C(=O)NC(=O)N3C)n1. The van der Waals surface area contributed by atoms with Gasteiger partial charge in [0.25, 0.3) is 5.91 Å². The fourth-order valence-electron chi connectivity index (χ4n) is 4.15. The highest BCUT2D eigenvalue weighted by molar-refractivity contribution is 7.99. The zero-order valence-corrected chi connectivity index (χ0v) is 20.2. The molecule has 10 heteroatoms. The number of benzene rings is 1. The normalized spacial score (nSPS) is 19.9. The summed E-state index contributed by atoms with van der Waals surface area (Å²) in [5.41, 5.74) is 3.06. The number of rotatable bonds is 7. The van der Waals surface area contributed by atoms with E-state index in [9.17, 15) is 9.59 Å². The van der Waals surface area contributed by atoms with Gasteiger partial charge < -0.3 is 14.7 Å². The van der Waals surface area contributed by atoms with Crippen molar-refractivity contribution >= 4 is 29.7 Å². The highest BCUT2D eigenvalue weighted by Gasteiger charge is 2.49. The number of nitrogens with zero attached hydrogens (tertiary/aromatic N) is 6. The van der Waals surface area contributed by atoms with Gasteiger partial charge in [0.15, 0.2) is 23.3 Å². The Bertz CT molecular complexity index is 1040. The van der Waals surface area contributed by atoms with Crippen LogP contribution in [0.3, 0.4) is 0 Å². The van der Waals surface area contributed by atoms with Gasteiger partial charge in [0.05, 0.1) is 0 Å². The minimum Gasteiger partial charge on any atom is -0.341 e. The minimum absolute atomic E-state index is 0.305. The number of amides is 3. The molecule has 174 valence electrons. The lowest BCUT2D eigenvalue weighted by Crippen LogP contribution is -2.64. The smallest absolute Gasteiger partial charge is 0.325 e. The van der Waals surface area contributed by atoms with Crippen molar-refractivity contribution in [3.8, 4) is 0 Å². The zero-order valence-electron chi connectivity index (χ0n) is 19.4. The number of carbonyl (C=O) groups excluding carboxylic acids is 2. The summed E-state index contributed by atoms with van der Waals surface area (Å²) < 4.78 is 0. The third-order valence-electron chi connectivity index (χ3n) is 5.68. The van der Waals surface area contributed by atoms with E-state index in [1.165, 1.54) is 4.90 Å². The molecule has 33 heavy (non-hydrogen) atoms. The molecule has 3 amide bonds. The highest BCUT2D eigenvalue weighted by Crippen LogP contribution is 2.26. The number of likely N-dealkylation sites (N-methyl/N-ethyl adjacent to an activating group) is 1. The molecular formula is C23H29N7O2S. The lowest BCUT2D eigenvalue weighted by Gasteiger charge is -2.37. The van der Waals surface area contributed by atoms with Crippen LogP contribution in [0.5, 0.6) is 0 Å². The molecule has 2 aromatic rings. The molecule has 2 unspecified atom stereocenters. The van der Waals surface area contributed by atoms with Crippen molar-refractivity contribution in [2.75, 3.05) is 26.4 Å². The molecule has 1 aromatic carbocycles. The van der Waals surface area contributed by atoms with Gasteiger partial charge in [-0.2, -0.15) is 0 Å². The van der Waals surface area contributed by atoms with Crippen LogP contribution < -0.4 is 5.32 Å². The van der Waals surface area contributed by atoms with Gasteiger partial charge in [0.1, 0.15) is 0 Å². The quantitative estimate of drug-likeness (QED) is 0.379. The maximum Gasteiger partial charge on any atom is 0.325 e. The average Bonchev–Trinajstić information content (AvgIpc) is 3.15. The molecule has 1 saturated heterocycles. The van der Waals surface area contributed by atoms with Crippen molar-refractivity contribution in [2.45, 2.75) is 44.2 Å². The highest BCUT2D eigenvalue weighted by atomic mass is 32.2. The van der Waals surface area contributed by atoms with Gasteiger partial charge in [-0.1, -0.05) is 42.1 Å². The number of hydrogen-bond acceptors (Lipinski definition) is 8. The van der Waals surface area contributed by atoms with Crippen LogP contribution in [0.4, 0.5) is 4.79 Å². The first-order valence-corrected chi connectivity index (χ1v) is 11.9. The van der Waals surface area contributed by atoms with Gasteiger partial charge in [-0.3, -0.25) is 10.1 Å². The van der Waals surface area contributed by atoms with Crippen molar-refractivity contribution in [1.82, 2.24) is 30.0 Å². The molecule has 2 atom stereocenters. The van der Waals surface area contributed by atoms with Crippen LogP contribution in [-0.2, 0) is 11.3 Å². The van der Waals surface area contributed by atoms with Crippen molar-refractivity contribution in [2.24, 2.45) is 4.99 Å². The fraction of sp³-hybridized carbons (Fsp3) is 0.435. The monoisotopic (exact) mass is 467 g/mol. The second kappa shape index (κ2) is 9.78. The van der Waals surface area contributed by atoms with Crippen molar-refractivity contribution in [3.63, 3.8) is 0 Å². The van der Waals surface area contributed by atoms with Crippen LogP contribution in [0.2, 0.25) is 0 Å². The Kier molecular flexibility index (Phi) is 6.83. The number of aryl methyl sites for hydroxylation is 2. The number of imide groups is 1. The number of fused-ring (bicyclic) bond motifs is 1. The van der Waals surface area contributed by atoms with E-state index in [0.29, 0.717) is 13.1 Å². The van der Waals surface area contributed by atoms with Crippen LogP contribution in [-0.4, -0.2) is 81.2 Å². The van der Waals surface area contributed by atoms with E-state index >= 15 is 0 Å².